The third kappa shape index (κ3) is 3.22. The summed E-state index contributed by atoms with van der Waals surface area (Å²) >= 11 is 0. The molecule has 114 valence electrons. The number of carbonyl (C=O) groups is 2. The van der Waals surface area contributed by atoms with E-state index < -0.39 is 5.54 Å². The van der Waals surface area contributed by atoms with Crippen molar-refractivity contribution in [1.29, 1.82) is 0 Å². The molecule has 0 spiro atoms. The Morgan fingerprint density at radius 1 is 1.38 bits per heavy atom. The van der Waals surface area contributed by atoms with Gasteiger partial charge in [0.2, 0.25) is 5.91 Å². The van der Waals surface area contributed by atoms with Crippen LogP contribution in [0, 0.1) is 6.92 Å². The molecule has 1 heterocycles. The Morgan fingerprint density at radius 2 is 2.10 bits per heavy atom. The van der Waals surface area contributed by atoms with E-state index in [0.717, 1.165) is 5.56 Å². The Morgan fingerprint density at radius 3 is 2.67 bits per heavy atom. The van der Waals surface area contributed by atoms with Crippen molar-refractivity contribution in [2.75, 3.05) is 32.6 Å². The van der Waals surface area contributed by atoms with Gasteiger partial charge in [-0.05, 0) is 31.0 Å². The quantitative estimate of drug-likeness (QED) is 0.861. The number of nitrogens with zero attached hydrogens (tertiary/aromatic N) is 1. The second-order valence-corrected chi connectivity index (χ2v) is 5.64. The van der Waals surface area contributed by atoms with Crippen molar-refractivity contribution in [2.24, 2.45) is 5.73 Å². The molecule has 1 fully saturated rings. The zero-order valence-corrected chi connectivity index (χ0v) is 12.6. The van der Waals surface area contributed by atoms with E-state index in [-0.39, 0.29) is 18.4 Å². The largest absolute Gasteiger partial charge is 0.379 e. The SMILES string of the molecule is Cc1ccc(C(=O)N(C)C)cc1NC(=O)C1(N)CCOC1. The maximum Gasteiger partial charge on any atom is 0.253 e. The van der Waals surface area contributed by atoms with Crippen molar-refractivity contribution in [3.05, 3.63) is 29.3 Å². The van der Waals surface area contributed by atoms with Crippen LogP contribution in [0.1, 0.15) is 22.3 Å². The summed E-state index contributed by atoms with van der Waals surface area (Å²) in [6.07, 6.45) is 0.494. The number of hydrogen-bond acceptors (Lipinski definition) is 4. The number of benzene rings is 1. The highest BCUT2D eigenvalue weighted by atomic mass is 16.5. The van der Waals surface area contributed by atoms with Crippen molar-refractivity contribution >= 4 is 17.5 Å². The summed E-state index contributed by atoms with van der Waals surface area (Å²) in [5, 5.41) is 2.81. The molecule has 0 aromatic heterocycles. The van der Waals surface area contributed by atoms with Crippen LogP contribution in [0.25, 0.3) is 0 Å². The third-order valence-corrected chi connectivity index (χ3v) is 3.64. The standard InChI is InChI=1S/C15H21N3O3/c1-10-4-5-11(13(19)18(2)3)8-12(10)17-14(20)15(16)6-7-21-9-15/h4-5,8H,6-7,9,16H2,1-3H3,(H,17,20). The molecule has 1 unspecified atom stereocenters. The van der Waals surface area contributed by atoms with Gasteiger partial charge in [0.25, 0.3) is 5.91 Å². The van der Waals surface area contributed by atoms with Crippen molar-refractivity contribution in [3.63, 3.8) is 0 Å². The maximum atomic E-state index is 12.3. The summed E-state index contributed by atoms with van der Waals surface area (Å²) in [5.41, 5.74) is 7.04. The number of carbonyl (C=O) groups excluding carboxylic acids is 2. The molecular formula is C15H21N3O3. The number of nitrogens with two attached hydrogens (primary N) is 1. The van der Waals surface area contributed by atoms with Gasteiger partial charge in [0.1, 0.15) is 5.54 Å². The number of rotatable bonds is 3. The average molecular weight is 291 g/mol. The molecule has 1 saturated heterocycles. The summed E-state index contributed by atoms with van der Waals surface area (Å²) in [7, 11) is 3.37. The highest BCUT2D eigenvalue weighted by Crippen LogP contribution is 2.22. The summed E-state index contributed by atoms with van der Waals surface area (Å²) in [4.78, 5) is 25.8. The molecule has 0 saturated carbocycles. The fourth-order valence-corrected chi connectivity index (χ4v) is 2.15. The maximum absolute atomic E-state index is 12.3. The highest BCUT2D eigenvalue weighted by molar-refractivity contribution is 6.01. The van der Waals surface area contributed by atoms with Crippen molar-refractivity contribution in [1.82, 2.24) is 4.90 Å². The zero-order valence-electron chi connectivity index (χ0n) is 12.6. The fourth-order valence-electron chi connectivity index (χ4n) is 2.15. The number of aryl methyl sites for hydroxylation is 1. The molecule has 6 heteroatoms. The van der Waals surface area contributed by atoms with E-state index in [2.05, 4.69) is 5.32 Å². The summed E-state index contributed by atoms with van der Waals surface area (Å²) in [6.45, 7) is 2.57. The summed E-state index contributed by atoms with van der Waals surface area (Å²) in [6, 6.07) is 5.22. The van der Waals surface area contributed by atoms with Crippen LogP contribution in [0.15, 0.2) is 18.2 Å². The monoisotopic (exact) mass is 291 g/mol. The van der Waals surface area contributed by atoms with E-state index in [4.69, 9.17) is 10.5 Å². The number of hydrogen-bond donors (Lipinski definition) is 2. The van der Waals surface area contributed by atoms with Crippen LogP contribution in [-0.2, 0) is 9.53 Å². The first-order valence-corrected chi connectivity index (χ1v) is 6.84. The predicted octanol–water partition coefficient (Wildman–Crippen LogP) is 0.753. The highest BCUT2D eigenvalue weighted by Gasteiger charge is 2.38. The molecule has 1 aromatic carbocycles. The Balaban J connectivity index is 2.21. The van der Waals surface area contributed by atoms with Gasteiger partial charge in [0.15, 0.2) is 0 Å². The molecule has 3 N–H and O–H groups in total. The first-order valence-electron chi connectivity index (χ1n) is 6.84. The van der Waals surface area contributed by atoms with Gasteiger partial charge in [-0.3, -0.25) is 9.59 Å². The molecular weight excluding hydrogens is 270 g/mol. The first kappa shape index (κ1) is 15.5. The van der Waals surface area contributed by atoms with Crippen molar-refractivity contribution < 1.29 is 14.3 Å². The van der Waals surface area contributed by atoms with E-state index >= 15 is 0 Å². The van der Waals surface area contributed by atoms with Crippen molar-refractivity contribution in [2.45, 2.75) is 18.9 Å². The van der Waals surface area contributed by atoms with Crippen LogP contribution in [0.3, 0.4) is 0 Å². The Kier molecular flexibility index (Phi) is 4.29. The number of amides is 2. The number of ether oxygens (including phenoxy) is 1. The van der Waals surface area contributed by atoms with E-state index in [1.807, 2.05) is 6.92 Å². The minimum Gasteiger partial charge on any atom is -0.379 e. The van der Waals surface area contributed by atoms with Crippen LogP contribution in [0.5, 0.6) is 0 Å². The molecule has 1 aromatic rings. The molecule has 0 bridgehead atoms. The molecule has 1 aliphatic rings. The Bertz CT molecular complexity index is 563. The van der Waals surface area contributed by atoms with Gasteiger partial charge in [0.05, 0.1) is 6.61 Å². The van der Waals surface area contributed by atoms with Gasteiger partial charge in [-0.25, -0.2) is 0 Å². The van der Waals surface area contributed by atoms with Gasteiger partial charge >= 0.3 is 0 Å². The van der Waals surface area contributed by atoms with Gasteiger partial charge in [-0.2, -0.15) is 0 Å². The lowest BCUT2D eigenvalue weighted by molar-refractivity contribution is -0.121. The molecule has 0 radical (unpaired) electrons. The molecule has 6 nitrogen and oxygen atoms in total. The first-order chi connectivity index (χ1) is 9.83. The lowest BCUT2D eigenvalue weighted by Gasteiger charge is -2.21. The normalized spacial score (nSPS) is 21.1. The zero-order chi connectivity index (χ0) is 15.6. The molecule has 21 heavy (non-hydrogen) atoms. The lowest BCUT2D eigenvalue weighted by Crippen LogP contribution is -2.51. The fraction of sp³-hybridized carbons (Fsp3) is 0.467. The predicted molar refractivity (Wildman–Crippen MR) is 80.2 cm³/mol. The summed E-state index contributed by atoms with van der Waals surface area (Å²) < 4.78 is 5.20. The van der Waals surface area contributed by atoms with Gasteiger partial charge < -0.3 is 20.7 Å². The van der Waals surface area contributed by atoms with Crippen molar-refractivity contribution in [3.8, 4) is 0 Å². The Labute approximate surface area is 124 Å². The van der Waals surface area contributed by atoms with Crippen LogP contribution in [0.2, 0.25) is 0 Å². The van der Waals surface area contributed by atoms with Crippen LogP contribution in [0.4, 0.5) is 5.69 Å². The van der Waals surface area contributed by atoms with Crippen LogP contribution >= 0.6 is 0 Å². The van der Waals surface area contributed by atoms with Crippen LogP contribution in [-0.4, -0.2) is 49.6 Å². The summed E-state index contributed by atoms with van der Waals surface area (Å²) in [5.74, 6) is -0.394. The molecule has 2 rings (SSSR count). The van der Waals surface area contributed by atoms with E-state index in [9.17, 15) is 9.59 Å². The number of nitrogens with one attached hydrogen (secondary N) is 1. The van der Waals surface area contributed by atoms with E-state index in [0.29, 0.717) is 24.3 Å². The molecule has 0 aliphatic carbocycles. The average Bonchev–Trinajstić information content (AvgIpc) is 2.88. The molecule has 1 aliphatic heterocycles. The van der Waals surface area contributed by atoms with Gasteiger partial charge in [-0.1, -0.05) is 6.07 Å². The minimum absolute atomic E-state index is 0.114. The molecule has 1 atom stereocenters. The second kappa shape index (κ2) is 5.83. The third-order valence-electron chi connectivity index (χ3n) is 3.64. The van der Waals surface area contributed by atoms with E-state index in [1.54, 1.807) is 32.3 Å². The second-order valence-electron chi connectivity index (χ2n) is 5.64. The lowest BCUT2D eigenvalue weighted by atomic mass is 9.98. The molecule has 2 amide bonds. The Hall–Kier alpha value is -1.92. The minimum atomic E-state index is -0.992. The van der Waals surface area contributed by atoms with E-state index in [1.165, 1.54) is 4.90 Å². The van der Waals surface area contributed by atoms with Crippen LogP contribution < -0.4 is 11.1 Å². The topological polar surface area (TPSA) is 84.7 Å². The van der Waals surface area contributed by atoms with Gasteiger partial charge in [-0.15, -0.1) is 0 Å². The number of anilines is 1. The smallest absolute Gasteiger partial charge is 0.253 e. The van der Waals surface area contributed by atoms with Gasteiger partial charge in [0, 0.05) is 32.0 Å².